The highest BCUT2D eigenvalue weighted by molar-refractivity contribution is 5.99. The summed E-state index contributed by atoms with van der Waals surface area (Å²) in [5.41, 5.74) is 4.67. The van der Waals surface area contributed by atoms with E-state index in [1.54, 1.807) is 19.5 Å². The Balaban J connectivity index is 1.35. The highest BCUT2D eigenvalue weighted by Crippen LogP contribution is 2.29. The molecule has 4 aromatic rings. The van der Waals surface area contributed by atoms with Crippen LogP contribution in [0, 0.1) is 0 Å². The number of nitrogens with zero attached hydrogens (tertiary/aromatic N) is 5. The first-order valence-corrected chi connectivity index (χ1v) is 10.8. The van der Waals surface area contributed by atoms with Gasteiger partial charge in [0, 0.05) is 72.4 Å². The summed E-state index contributed by atoms with van der Waals surface area (Å²) in [5.74, 6) is 1.07. The number of carbonyl (C=O) groups excluding carboxylic acids is 1. The van der Waals surface area contributed by atoms with Gasteiger partial charge in [-0.2, -0.15) is 0 Å². The molecule has 7 heteroatoms. The second-order valence-corrected chi connectivity index (χ2v) is 8.20. The largest absolute Gasteiger partial charge is 0.497 e. The zero-order valence-electron chi connectivity index (χ0n) is 18.2. The van der Waals surface area contributed by atoms with Gasteiger partial charge < -0.3 is 14.2 Å². The lowest BCUT2D eigenvalue weighted by Gasteiger charge is -2.32. The number of ether oxygens (including phenoxy) is 1. The summed E-state index contributed by atoms with van der Waals surface area (Å²) < 4.78 is 7.30. The van der Waals surface area contributed by atoms with Crippen molar-refractivity contribution in [2.45, 2.75) is 18.8 Å². The van der Waals surface area contributed by atoms with Crippen LogP contribution < -0.4 is 4.74 Å². The molecular formula is C25H25N5O2. The van der Waals surface area contributed by atoms with Crippen LogP contribution in [0.5, 0.6) is 5.75 Å². The fourth-order valence-corrected chi connectivity index (χ4v) is 4.49. The van der Waals surface area contributed by atoms with Crippen molar-refractivity contribution in [1.82, 2.24) is 24.4 Å². The highest BCUT2D eigenvalue weighted by Gasteiger charge is 2.28. The zero-order valence-corrected chi connectivity index (χ0v) is 18.2. The van der Waals surface area contributed by atoms with E-state index in [0.717, 1.165) is 52.9 Å². The molecule has 1 fully saturated rings. The quantitative estimate of drug-likeness (QED) is 0.491. The Morgan fingerprint density at radius 1 is 1.06 bits per heavy atom. The molecule has 1 amide bonds. The number of aromatic nitrogens is 4. The minimum absolute atomic E-state index is 0.0606. The lowest BCUT2D eigenvalue weighted by atomic mass is 9.93. The van der Waals surface area contributed by atoms with Gasteiger partial charge in [0.2, 0.25) is 0 Å². The number of rotatable bonds is 4. The van der Waals surface area contributed by atoms with E-state index in [1.807, 2.05) is 47.0 Å². The molecule has 4 heterocycles. The zero-order chi connectivity index (χ0) is 22.1. The SMILES string of the molecule is COc1ccc2c(c1)cc(C(=O)N1CCCC(c3ccc(-c4cncnc4)cn3)C1)n2C. The normalized spacial score (nSPS) is 16.3. The van der Waals surface area contributed by atoms with Crippen LogP contribution in [0.3, 0.4) is 0 Å². The van der Waals surface area contributed by atoms with Gasteiger partial charge in [0.25, 0.3) is 5.91 Å². The Hall–Kier alpha value is -3.74. The minimum Gasteiger partial charge on any atom is -0.497 e. The van der Waals surface area contributed by atoms with Gasteiger partial charge in [-0.1, -0.05) is 6.07 Å². The van der Waals surface area contributed by atoms with Gasteiger partial charge in [0.15, 0.2) is 0 Å². The van der Waals surface area contributed by atoms with Crippen LogP contribution >= 0.6 is 0 Å². The molecular weight excluding hydrogens is 402 g/mol. The van der Waals surface area contributed by atoms with Crippen molar-refractivity contribution in [2.75, 3.05) is 20.2 Å². The first kappa shape index (κ1) is 20.2. The maximum absolute atomic E-state index is 13.4. The van der Waals surface area contributed by atoms with Crippen LogP contribution in [0.1, 0.15) is 34.9 Å². The molecule has 0 N–H and O–H groups in total. The van der Waals surface area contributed by atoms with Crippen LogP contribution in [-0.4, -0.2) is 50.5 Å². The predicted octanol–water partition coefficient (Wildman–Crippen LogP) is 4.06. The summed E-state index contributed by atoms with van der Waals surface area (Å²) in [5, 5.41) is 1.01. The van der Waals surface area contributed by atoms with Gasteiger partial charge in [-0.15, -0.1) is 0 Å². The summed E-state index contributed by atoms with van der Waals surface area (Å²) >= 11 is 0. The van der Waals surface area contributed by atoms with Crippen molar-refractivity contribution in [3.63, 3.8) is 0 Å². The number of carbonyl (C=O) groups is 1. The number of likely N-dealkylation sites (tertiary alicyclic amines) is 1. The standard InChI is InChI=1S/C25H25N5O2/c1-29-23-8-6-21(32-2)10-19(23)11-24(29)25(31)30-9-3-4-18(15-30)22-7-5-17(14-28-22)20-12-26-16-27-13-20/h5-8,10-14,16,18H,3-4,9,15H2,1-2H3. The Morgan fingerprint density at radius 2 is 1.91 bits per heavy atom. The lowest BCUT2D eigenvalue weighted by molar-refractivity contribution is 0.0696. The molecule has 0 bridgehead atoms. The number of amides is 1. The number of piperidine rings is 1. The van der Waals surface area contributed by atoms with Crippen molar-refractivity contribution in [2.24, 2.45) is 7.05 Å². The molecule has 32 heavy (non-hydrogen) atoms. The maximum Gasteiger partial charge on any atom is 0.270 e. The minimum atomic E-state index is 0.0606. The summed E-state index contributed by atoms with van der Waals surface area (Å²) in [4.78, 5) is 28.2. The number of hydrogen-bond acceptors (Lipinski definition) is 5. The molecule has 1 saturated heterocycles. The van der Waals surface area contributed by atoms with Crippen LogP contribution in [0.4, 0.5) is 0 Å². The number of methoxy groups -OCH3 is 1. The second kappa shape index (κ2) is 8.42. The highest BCUT2D eigenvalue weighted by atomic mass is 16.5. The molecule has 0 saturated carbocycles. The number of aryl methyl sites for hydroxylation is 1. The van der Waals surface area contributed by atoms with E-state index in [-0.39, 0.29) is 11.8 Å². The Labute approximate surface area is 186 Å². The van der Waals surface area contributed by atoms with Crippen LogP contribution in [0.25, 0.3) is 22.0 Å². The molecule has 1 aliphatic rings. The van der Waals surface area contributed by atoms with Gasteiger partial charge in [-0.25, -0.2) is 9.97 Å². The third kappa shape index (κ3) is 3.70. The third-order valence-electron chi connectivity index (χ3n) is 6.28. The molecule has 1 atom stereocenters. The average Bonchev–Trinajstić information content (AvgIpc) is 3.19. The number of fused-ring (bicyclic) bond motifs is 1. The topological polar surface area (TPSA) is 73.1 Å². The van der Waals surface area contributed by atoms with Gasteiger partial charge in [-0.05, 0) is 43.2 Å². The van der Waals surface area contributed by atoms with Crippen molar-refractivity contribution in [1.29, 1.82) is 0 Å². The molecule has 162 valence electrons. The van der Waals surface area contributed by atoms with E-state index in [9.17, 15) is 4.79 Å². The Morgan fingerprint density at radius 3 is 2.66 bits per heavy atom. The molecule has 7 nitrogen and oxygen atoms in total. The van der Waals surface area contributed by atoms with Crippen molar-refractivity contribution >= 4 is 16.8 Å². The molecule has 1 aromatic carbocycles. The van der Waals surface area contributed by atoms with Crippen molar-refractivity contribution in [3.8, 4) is 16.9 Å². The summed E-state index contributed by atoms with van der Waals surface area (Å²) in [7, 11) is 3.59. The van der Waals surface area contributed by atoms with E-state index in [4.69, 9.17) is 9.72 Å². The fourth-order valence-electron chi connectivity index (χ4n) is 4.49. The monoisotopic (exact) mass is 427 g/mol. The molecule has 3 aromatic heterocycles. The number of benzene rings is 1. The predicted molar refractivity (Wildman–Crippen MR) is 123 cm³/mol. The maximum atomic E-state index is 13.4. The van der Waals surface area contributed by atoms with Crippen molar-refractivity contribution in [3.05, 3.63) is 72.7 Å². The third-order valence-corrected chi connectivity index (χ3v) is 6.28. The van der Waals surface area contributed by atoms with Gasteiger partial charge in [0.1, 0.15) is 17.8 Å². The van der Waals surface area contributed by atoms with E-state index in [2.05, 4.69) is 22.1 Å². The van der Waals surface area contributed by atoms with Crippen LogP contribution in [0.2, 0.25) is 0 Å². The smallest absolute Gasteiger partial charge is 0.270 e. The molecule has 1 unspecified atom stereocenters. The Bertz CT molecular complexity index is 1250. The van der Waals surface area contributed by atoms with Gasteiger partial charge in [-0.3, -0.25) is 9.78 Å². The van der Waals surface area contributed by atoms with Crippen LogP contribution in [0.15, 0.2) is 61.3 Å². The summed E-state index contributed by atoms with van der Waals surface area (Å²) in [6.07, 6.45) is 8.94. The fraction of sp³-hybridized carbons (Fsp3) is 0.280. The van der Waals surface area contributed by atoms with Gasteiger partial charge in [0.05, 0.1) is 7.11 Å². The molecule has 0 spiro atoms. The van der Waals surface area contributed by atoms with E-state index < -0.39 is 0 Å². The summed E-state index contributed by atoms with van der Waals surface area (Å²) in [6, 6.07) is 12.0. The first-order chi connectivity index (χ1) is 15.6. The van der Waals surface area contributed by atoms with Gasteiger partial charge >= 0.3 is 0 Å². The second-order valence-electron chi connectivity index (χ2n) is 8.20. The number of hydrogen-bond donors (Lipinski definition) is 0. The first-order valence-electron chi connectivity index (χ1n) is 10.8. The molecule has 0 aliphatic carbocycles. The molecule has 5 rings (SSSR count). The molecule has 0 radical (unpaired) electrons. The van der Waals surface area contributed by atoms with Crippen molar-refractivity contribution < 1.29 is 9.53 Å². The Kier molecular flexibility index (Phi) is 5.31. The lowest BCUT2D eigenvalue weighted by Crippen LogP contribution is -2.40. The van der Waals surface area contributed by atoms with E-state index in [1.165, 1.54) is 6.33 Å². The van der Waals surface area contributed by atoms with E-state index in [0.29, 0.717) is 12.2 Å². The average molecular weight is 428 g/mol. The van der Waals surface area contributed by atoms with Crippen LogP contribution in [-0.2, 0) is 7.05 Å². The molecule has 1 aliphatic heterocycles. The van der Waals surface area contributed by atoms with E-state index >= 15 is 0 Å². The summed E-state index contributed by atoms with van der Waals surface area (Å²) in [6.45, 7) is 1.43. The number of pyridine rings is 1.